The molecule has 2 N–H and O–H groups in total. The van der Waals surface area contributed by atoms with Crippen molar-refractivity contribution in [2.75, 3.05) is 19.0 Å². The molecular formula is C17H18BrN3O2. The van der Waals surface area contributed by atoms with Crippen LogP contribution in [-0.2, 0) is 4.79 Å². The van der Waals surface area contributed by atoms with Crippen LogP contribution in [0.5, 0.6) is 5.75 Å². The van der Waals surface area contributed by atoms with E-state index < -0.39 is 0 Å². The highest BCUT2D eigenvalue weighted by molar-refractivity contribution is 9.10. The number of amides is 1. The molecule has 0 fully saturated rings. The second-order valence-corrected chi connectivity index (χ2v) is 5.74. The monoisotopic (exact) mass is 375 g/mol. The lowest BCUT2D eigenvalue weighted by Gasteiger charge is -2.07. The summed E-state index contributed by atoms with van der Waals surface area (Å²) in [6, 6.07) is 15.1. The van der Waals surface area contributed by atoms with Gasteiger partial charge in [0.25, 0.3) is 5.91 Å². The molecule has 2 aromatic carbocycles. The molecule has 0 aliphatic heterocycles. The fourth-order valence-electron chi connectivity index (χ4n) is 1.83. The first-order valence-electron chi connectivity index (χ1n) is 7.05. The lowest BCUT2D eigenvalue weighted by molar-refractivity contribution is -0.119. The average Bonchev–Trinajstić information content (AvgIpc) is 2.59. The molecule has 23 heavy (non-hydrogen) atoms. The summed E-state index contributed by atoms with van der Waals surface area (Å²) in [5.41, 5.74) is 5.08. The van der Waals surface area contributed by atoms with Crippen molar-refractivity contribution in [1.82, 2.24) is 5.43 Å². The summed E-state index contributed by atoms with van der Waals surface area (Å²) in [6.45, 7) is 1.99. The zero-order chi connectivity index (χ0) is 16.7. The Morgan fingerprint density at radius 1 is 1.13 bits per heavy atom. The second-order valence-electron chi connectivity index (χ2n) is 4.82. The highest BCUT2D eigenvalue weighted by Gasteiger charge is 2.02. The maximum Gasteiger partial charge on any atom is 0.259 e. The van der Waals surface area contributed by atoms with Crippen LogP contribution in [-0.4, -0.2) is 25.3 Å². The number of anilines is 1. The molecule has 120 valence electrons. The Hall–Kier alpha value is -2.34. The predicted molar refractivity (Wildman–Crippen MR) is 96.0 cm³/mol. The molecule has 0 unspecified atom stereocenters. The SMILES string of the molecule is COc1ccc(NCC(=O)N/N=C(/C)c2ccc(Br)cc2)cc1. The Bertz CT molecular complexity index is 682. The fourth-order valence-corrected chi connectivity index (χ4v) is 2.10. The van der Waals surface area contributed by atoms with Crippen LogP contribution in [0.1, 0.15) is 12.5 Å². The summed E-state index contributed by atoms with van der Waals surface area (Å²) < 4.78 is 6.08. The molecule has 0 saturated heterocycles. The van der Waals surface area contributed by atoms with E-state index in [0.717, 1.165) is 27.2 Å². The van der Waals surface area contributed by atoms with E-state index in [0.29, 0.717) is 0 Å². The van der Waals surface area contributed by atoms with Crippen LogP contribution in [0.2, 0.25) is 0 Å². The van der Waals surface area contributed by atoms with E-state index in [1.165, 1.54) is 0 Å². The van der Waals surface area contributed by atoms with Crippen molar-refractivity contribution in [2.45, 2.75) is 6.92 Å². The number of nitrogens with one attached hydrogen (secondary N) is 2. The minimum Gasteiger partial charge on any atom is -0.497 e. The molecule has 0 bridgehead atoms. The normalized spacial score (nSPS) is 11.0. The molecule has 5 nitrogen and oxygen atoms in total. The van der Waals surface area contributed by atoms with Crippen molar-refractivity contribution in [3.8, 4) is 5.75 Å². The number of hydrazone groups is 1. The minimum atomic E-state index is -0.211. The quantitative estimate of drug-likeness (QED) is 0.600. The van der Waals surface area contributed by atoms with Crippen LogP contribution in [0.4, 0.5) is 5.69 Å². The van der Waals surface area contributed by atoms with E-state index in [2.05, 4.69) is 31.8 Å². The molecule has 0 heterocycles. The van der Waals surface area contributed by atoms with E-state index in [-0.39, 0.29) is 12.5 Å². The van der Waals surface area contributed by atoms with Gasteiger partial charge in [0, 0.05) is 10.2 Å². The highest BCUT2D eigenvalue weighted by Crippen LogP contribution is 2.14. The fraction of sp³-hybridized carbons (Fsp3) is 0.176. The van der Waals surface area contributed by atoms with Gasteiger partial charge in [-0.2, -0.15) is 5.10 Å². The number of hydrogen-bond donors (Lipinski definition) is 2. The molecular weight excluding hydrogens is 358 g/mol. The molecule has 0 spiro atoms. The summed E-state index contributed by atoms with van der Waals surface area (Å²) in [4.78, 5) is 11.8. The first-order valence-corrected chi connectivity index (χ1v) is 7.85. The van der Waals surface area contributed by atoms with Crippen molar-refractivity contribution >= 4 is 33.2 Å². The molecule has 0 aliphatic rings. The zero-order valence-electron chi connectivity index (χ0n) is 13.0. The van der Waals surface area contributed by atoms with Crippen molar-refractivity contribution in [3.05, 3.63) is 58.6 Å². The molecule has 0 radical (unpaired) electrons. The summed E-state index contributed by atoms with van der Waals surface area (Å²) in [5.74, 6) is 0.562. The minimum absolute atomic E-state index is 0.142. The highest BCUT2D eigenvalue weighted by atomic mass is 79.9. The number of ether oxygens (including phenoxy) is 1. The average molecular weight is 376 g/mol. The first-order chi connectivity index (χ1) is 11.1. The van der Waals surface area contributed by atoms with Gasteiger partial charge in [-0.05, 0) is 48.9 Å². The van der Waals surface area contributed by atoms with E-state index in [4.69, 9.17) is 4.74 Å². The topological polar surface area (TPSA) is 62.7 Å². The number of methoxy groups -OCH3 is 1. The van der Waals surface area contributed by atoms with Crippen LogP contribution in [0.15, 0.2) is 58.1 Å². The molecule has 2 aromatic rings. The van der Waals surface area contributed by atoms with E-state index in [1.807, 2.05) is 55.5 Å². The van der Waals surface area contributed by atoms with E-state index in [9.17, 15) is 4.79 Å². The summed E-state index contributed by atoms with van der Waals surface area (Å²) in [6.07, 6.45) is 0. The van der Waals surface area contributed by atoms with Crippen molar-refractivity contribution in [2.24, 2.45) is 5.10 Å². The third-order valence-corrected chi connectivity index (χ3v) is 3.68. The van der Waals surface area contributed by atoms with Crippen LogP contribution in [0.3, 0.4) is 0 Å². The standard InChI is InChI=1S/C17H18BrN3O2/c1-12(13-3-5-14(18)6-4-13)20-21-17(22)11-19-15-7-9-16(23-2)10-8-15/h3-10,19H,11H2,1-2H3,(H,21,22)/b20-12-. The Kier molecular flexibility index (Phi) is 6.17. The van der Waals surface area contributed by atoms with Gasteiger partial charge in [0.05, 0.1) is 19.4 Å². The van der Waals surface area contributed by atoms with Gasteiger partial charge in [0.2, 0.25) is 0 Å². The lowest BCUT2D eigenvalue weighted by atomic mass is 10.1. The van der Waals surface area contributed by atoms with Gasteiger partial charge in [-0.15, -0.1) is 0 Å². The van der Waals surface area contributed by atoms with E-state index >= 15 is 0 Å². The Morgan fingerprint density at radius 2 is 1.78 bits per heavy atom. The molecule has 1 amide bonds. The van der Waals surface area contributed by atoms with Gasteiger partial charge in [-0.1, -0.05) is 28.1 Å². The molecule has 0 atom stereocenters. The maximum atomic E-state index is 11.8. The second kappa shape index (κ2) is 8.33. The van der Waals surface area contributed by atoms with Gasteiger partial charge in [-0.3, -0.25) is 4.79 Å². The van der Waals surface area contributed by atoms with Crippen LogP contribution in [0, 0.1) is 0 Å². The van der Waals surface area contributed by atoms with Crippen LogP contribution in [0.25, 0.3) is 0 Å². The van der Waals surface area contributed by atoms with Crippen molar-refractivity contribution in [3.63, 3.8) is 0 Å². The third-order valence-electron chi connectivity index (χ3n) is 3.15. The summed E-state index contributed by atoms with van der Waals surface area (Å²) >= 11 is 3.38. The van der Waals surface area contributed by atoms with Gasteiger partial charge in [0.1, 0.15) is 5.75 Å². The van der Waals surface area contributed by atoms with Gasteiger partial charge in [-0.25, -0.2) is 5.43 Å². The van der Waals surface area contributed by atoms with E-state index in [1.54, 1.807) is 7.11 Å². The summed E-state index contributed by atoms with van der Waals surface area (Å²) in [5, 5.41) is 7.13. The summed E-state index contributed by atoms with van der Waals surface area (Å²) in [7, 11) is 1.61. The number of hydrogen-bond acceptors (Lipinski definition) is 4. The number of benzene rings is 2. The molecule has 0 saturated carbocycles. The van der Waals surface area contributed by atoms with Crippen molar-refractivity contribution in [1.29, 1.82) is 0 Å². The van der Waals surface area contributed by atoms with Gasteiger partial charge < -0.3 is 10.1 Å². The number of rotatable bonds is 6. The third kappa shape index (κ3) is 5.41. The number of carbonyl (C=O) groups excluding carboxylic acids is 1. The zero-order valence-corrected chi connectivity index (χ0v) is 14.6. The Morgan fingerprint density at radius 3 is 2.39 bits per heavy atom. The molecule has 6 heteroatoms. The van der Waals surface area contributed by atoms with Crippen LogP contribution >= 0.6 is 15.9 Å². The predicted octanol–water partition coefficient (Wildman–Crippen LogP) is 3.41. The molecule has 2 rings (SSSR count). The number of halogens is 1. The van der Waals surface area contributed by atoms with Crippen molar-refractivity contribution < 1.29 is 9.53 Å². The van der Waals surface area contributed by atoms with Gasteiger partial charge in [0.15, 0.2) is 0 Å². The number of carbonyl (C=O) groups is 1. The molecule has 0 aromatic heterocycles. The first kappa shape index (κ1) is 17.0. The Balaban J connectivity index is 1.84. The Labute approximate surface area is 143 Å². The smallest absolute Gasteiger partial charge is 0.259 e. The maximum absolute atomic E-state index is 11.8. The number of nitrogens with zero attached hydrogens (tertiary/aromatic N) is 1. The molecule has 0 aliphatic carbocycles. The van der Waals surface area contributed by atoms with Crippen LogP contribution < -0.4 is 15.5 Å². The largest absolute Gasteiger partial charge is 0.497 e. The van der Waals surface area contributed by atoms with Gasteiger partial charge >= 0.3 is 0 Å². The lowest BCUT2D eigenvalue weighted by Crippen LogP contribution is -2.26.